The van der Waals surface area contributed by atoms with Crippen molar-refractivity contribution in [2.75, 3.05) is 6.61 Å². The highest BCUT2D eigenvalue weighted by Crippen LogP contribution is 2.40. The molecular formula is C59H52N14O13S6. The maximum atomic E-state index is 14.8. The number of phenols is 1. The van der Waals surface area contributed by atoms with Gasteiger partial charge in [0.2, 0.25) is 11.8 Å². The molecule has 10 bridgehead atoms. The van der Waals surface area contributed by atoms with Gasteiger partial charge in [-0.15, -0.1) is 68.0 Å². The third-order valence-electron chi connectivity index (χ3n) is 14.0. The number of amides is 6. The summed E-state index contributed by atoms with van der Waals surface area (Å²) in [7, 11) is 0. The second kappa shape index (κ2) is 28.3. The highest BCUT2D eigenvalue weighted by Gasteiger charge is 2.36. The lowest BCUT2D eigenvalue weighted by Gasteiger charge is -2.25. The number of phenolic OH excluding ortho intramolecular Hbond substituents is 1. The summed E-state index contributed by atoms with van der Waals surface area (Å²) in [6.07, 6.45) is -3.56. The van der Waals surface area contributed by atoms with Gasteiger partial charge >= 0.3 is 5.97 Å². The molecule has 7 unspecified atom stereocenters. The number of nitrogens with two attached hydrogens (primary N) is 1. The zero-order chi connectivity index (χ0) is 65.7. The monoisotopic (exact) mass is 1360 g/mol. The standard InChI is InChI=1S/C59H52N14O13S6/c1-24(40(76)18-74)42-57-70-39(23-91-57)55-66-35(19-88-55)44-31(14-15-32(63-44)54-68-36(21-89-54)49(81)61-25(2)47(79)62-26(3)59(85)86)53-67-37(20-87-53)51(83)65-34(17-41(60)77)56-73-43(27(4)92-56)52(84)72-45(46(78)29-8-6-5-7-9-29)58-69-38(22-90-58)50(82)64-33(48(80)71-42)16-28-10-12-30(75)13-11-28/h5-15,19-24,33-34,42,45-46,51,65,74-75,78,83H,2-3,16-18H2,1,4H3,(H2,60,77)(H,61,81)(H,62,79)(H,64,82)(H,71,80)(H,72,84)(H,85,86). The van der Waals surface area contributed by atoms with E-state index >= 15 is 0 Å². The smallest absolute Gasteiger partial charge is 0.351 e. The van der Waals surface area contributed by atoms with E-state index in [0.717, 1.165) is 68.0 Å². The van der Waals surface area contributed by atoms with Gasteiger partial charge in [0.05, 0.1) is 29.2 Å². The Hall–Kier alpha value is -9.55. The van der Waals surface area contributed by atoms with Crippen LogP contribution in [-0.4, -0.2) is 120 Å². The van der Waals surface area contributed by atoms with E-state index in [4.69, 9.17) is 30.8 Å². The second-order valence-electron chi connectivity index (χ2n) is 20.4. The van der Waals surface area contributed by atoms with Gasteiger partial charge in [0, 0.05) is 56.1 Å². The molecule has 472 valence electrons. The Bertz CT molecular complexity index is 4350. The molecule has 8 heterocycles. The average Bonchev–Trinajstić information content (AvgIpc) is 1.61. The number of nitrogens with one attached hydrogen (secondary N) is 6. The molecule has 2 aromatic carbocycles. The zero-order valence-electron chi connectivity index (χ0n) is 48.0. The van der Waals surface area contributed by atoms with Gasteiger partial charge < -0.3 is 57.9 Å². The number of carboxylic acids is 1. The third kappa shape index (κ3) is 14.9. The molecule has 1 aliphatic rings. The van der Waals surface area contributed by atoms with Gasteiger partial charge in [-0.3, -0.25) is 38.9 Å². The second-order valence-corrected chi connectivity index (χ2v) is 26.0. The number of hydrogen-bond donors (Lipinski definition) is 12. The van der Waals surface area contributed by atoms with Crippen LogP contribution in [-0.2, 0) is 30.4 Å². The summed E-state index contributed by atoms with van der Waals surface area (Å²) in [5.74, 6) is -8.35. The van der Waals surface area contributed by atoms with Crippen molar-refractivity contribution in [2.24, 2.45) is 11.7 Å². The Kier molecular flexibility index (Phi) is 20.1. The zero-order valence-corrected chi connectivity index (χ0v) is 52.9. The fraction of sp³-hybridized carbons (Fsp3) is 0.203. The number of aromatic hydroxyl groups is 1. The van der Waals surface area contributed by atoms with Gasteiger partial charge in [-0.05, 0) is 42.3 Å². The van der Waals surface area contributed by atoms with Crippen LogP contribution < -0.4 is 37.6 Å². The normalized spacial score (nSPS) is 17.6. The van der Waals surface area contributed by atoms with E-state index < -0.39 is 114 Å². The van der Waals surface area contributed by atoms with Gasteiger partial charge in [0.15, 0.2) is 5.78 Å². The maximum Gasteiger partial charge on any atom is 0.351 e. The molecule has 33 heteroatoms. The van der Waals surface area contributed by atoms with E-state index in [2.05, 4.69) is 54.7 Å². The molecule has 1 aliphatic heterocycles. The summed E-state index contributed by atoms with van der Waals surface area (Å²) in [5.41, 5.74) is 6.61. The number of pyridine rings is 1. The SMILES string of the molecule is C=C(NC(=O)C(=C)NC(=O)c1csc(-c2ccc3c(n2)-c2csc(n2)-c2csc(n2)C(C(C)C(=O)CO)NC(=O)C(Cc2ccc(O)cc2)NC(=O)c2csc(n2)C(C(O)c2ccccc2)NC(=O)c2nc(sc2C)C(CC(N)=O)NC(O)c2csc-3n2)n1)C(=O)O. The predicted molar refractivity (Wildman–Crippen MR) is 341 cm³/mol. The molecule has 7 aromatic heterocycles. The molecule has 9 aromatic rings. The first-order chi connectivity index (χ1) is 44.0. The van der Waals surface area contributed by atoms with Crippen LogP contribution in [0.3, 0.4) is 0 Å². The van der Waals surface area contributed by atoms with Crippen LogP contribution in [0.1, 0.15) is 112 Å². The fourth-order valence-corrected chi connectivity index (χ4v) is 14.4. The number of carbonyl (C=O) groups is 8. The van der Waals surface area contributed by atoms with Crippen LogP contribution >= 0.6 is 68.0 Å². The Morgan fingerprint density at radius 3 is 2.07 bits per heavy atom. The summed E-state index contributed by atoms with van der Waals surface area (Å²) >= 11 is 6.35. The molecule has 0 saturated heterocycles. The molecule has 27 nitrogen and oxygen atoms in total. The lowest BCUT2D eigenvalue weighted by Crippen LogP contribution is -2.50. The number of aromatic nitrogens is 7. The van der Waals surface area contributed by atoms with Crippen LogP contribution in [0, 0.1) is 12.8 Å². The van der Waals surface area contributed by atoms with Gasteiger partial charge in [0.25, 0.3) is 23.6 Å². The van der Waals surface area contributed by atoms with Crippen molar-refractivity contribution >= 4 is 115 Å². The number of rotatable bonds is 15. The number of primary amides is 1. The Labute approximate surface area is 545 Å². The number of benzene rings is 2. The number of fused-ring (bicyclic) bond motifs is 14. The van der Waals surface area contributed by atoms with Crippen molar-refractivity contribution in [3.05, 3.63) is 172 Å². The van der Waals surface area contributed by atoms with Crippen molar-refractivity contribution in [1.29, 1.82) is 0 Å². The number of thiazole rings is 6. The third-order valence-corrected chi connectivity index (χ3v) is 19.6. The number of aliphatic hydroxyl groups excluding tert-OH is 3. The summed E-state index contributed by atoms with van der Waals surface area (Å²) in [6, 6.07) is 12.6. The molecule has 10 rings (SSSR count). The molecule has 0 spiro atoms. The fourth-order valence-electron chi connectivity index (χ4n) is 9.16. The van der Waals surface area contributed by atoms with E-state index in [1.165, 1.54) is 29.8 Å². The lowest BCUT2D eigenvalue weighted by molar-refractivity contribution is -0.134. The first-order valence-electron chi connectivity index (χ1n) is 27.3. The molecule has 7 atom stereocenters. The van der Waals surface area contributed by atoms with Crippen molar-refractivity contribution < 1.29 is 63.9 Å². The van der Waals surface area contributed by atoms with Crippen molar-refractivity contribution in [3.8, 4) is 49.1 Å². The summed E-state index contributed by atoms with van der Waals surface area (Å²) in [4.78, 5) is 140. The van der Waals surface area contributed by atoms with Gasteiger partial charge in [-0.2, -0.15) is 0 Å². The minimum absolute atomic E-state index is 0.0589. The van der Waals surface area contributed by atoms with Crippen LogP contribution in [0.25, 0.3) is 43.4 Å². The van der Waals surface area contributed by atoms with Crippen molar-refractivity contribution in [2.45, 2.75) is 63.2 Å². The minimum atomic E-state index is -1.57. The van der Waals surface area contributed by atoms with Crippen LogP contribution in [0.5, 0.6) is 5.75 Å². The lowest BCUT2D eigenvalue weighted by atomic mass is 9.96. The Morgan fingerprint density at radius 2 is 1.35 bits per heavy atom. The first-order valence-corrected chi connectivity index (χ1v) is 32.5. The van der Waals surface area contributed by atoms with Gasteiger partial charge in [-0.25, -0.2) is 39.7 Å². The number of carboxylic acid groups (broad SMARTS) is 1. The number of Topliss-reactive ketones (excluding diaryl/α,β-unsaturated/α-hetero) is 1. The molecule has 92 heavy (non-hydrogen) atoms. The molecule has 6 amide bonds. The van der Waals surface area contributed by atoms with E-state index in [1.54, 1.807) is 77.7 Å². The van der Waals surface area contributed by atoms with Crippen molar-refractivity contribution in [1.82, 2.24) is 66.8 Å². The minimum Gasteiger partial charge on any atom is -0.508 e. The summed E-state index contributed by atoms with van der Waals surface area (Å²) < 4.78 is 0. The van der Waals surface area contributed by atoms with Crippen molar-refractivity contribution in [3.63, 3.8) is 0 Å². The number of aliphatic hydroxyl groups is 3. The highest BCUT2D eigenvalue weighted by molar-refractivity contribution is 7.15. The topological polar surface area (TPSA) is 426 Å². The maximum absolute atomic E-state index is 14.8. The Morgan fingerprint density at radius 1 is 0.674 bits per heavy atom. The van der Waals surface area contributed by atoms with Crippen LogP contribution in [0.15, 0.2) is 118 Å². The molecular weight excluding hydrogens is 1310 g/mol. The Balaban J connectivity index is 1.06. The summed E-state index contributed by atoms with van der Waals surface area (Å²) in [6.45, 7) is 8.98. The van der Waals surface area contributed by atoms with Gasteiger partial charge in [-0.1, -0.05) is 62.5 Å². The van der Waals surface area contributed by atoms with E-state index in [0.29, 0.717) is 37.3 Å². The number of hydrogen-bond acceptors (Lipinski definition) is 26. The summed E-state index contributed by atoms with van der Waals surface area (Å²) in [5, 5.41) is 78.1. The molecule has 0 fully saturated rings. The quantitative estimate of drug-likeness (QED) is 0.0558. The number of aliphatic carboxylic acids is 1. The highest BCUT2D eigenvalue weighted by atomic mass is 32.1. The van der Waals surface area contributed by atoms with Crippen LogP contribution in [0.4, 0.5) is 0 Å². The van der Waals surface area contributed by atoms with E-state index in [-0.39, 0.29) is 72.1 Å². The van der Waals surface area contributed by atoms with Crippen LogP contribution in [0.2, 0.25) is 0 Å². The van der Waals surface area contributed by atoms with E-state index in [1.807, 2.05) is 5.32 Å². The number of aryl methyl sites for hydroxylation is 1. The van der Waals surface area contributed by atoms with Gasteiger partial charge in [0.1, 0.15) is 107 Å². The molecule has 0 saturated carbocycles. The number of nitrogens with zero attached hydrogens (tertiary/aromatic N) is 7. The molecule has 0 radical (unpaired) electrons. The molecule has 0 aliphatic carbocycles. The largest absolute Gasteiger partial charge is 0.508 e. The van der Waals surface area contributed by atoms with E-state index in [9.17, 15) is 58.8 Å². The first kappa shape index (κ1) is 65.4. The average molecular weight is 1360 g/mol. The number of ketones is 1. The molecule has 13 N–H and O–H groups in total. The number of carbonyl (C=O) groups excluding carboxylic acids is 7. The predicted octanol–water partition coefficient (Wildman–Crippen LogP) is 5.57.